The molecule has 1 unspecified atom stereocenters. The van der Waals surface area contributed by atoms with Gasteiger partial charge < -0.3 is 5.73 Å². The predicted molar refractivity (Wildman–Crippen MR) is 69.8 cm³/mol. The molecule has 1 nitrogen and oxygen atoms in total. The molecule has 88 valence electrons. The molecule has 2 heteroatoms. The fourth-order valence-corrected chi connectivity index (χ4v) is 3.09. The van der Waals surface area contributed by atoms with Gasteiger partial charge in [-0.05, 0) is 36.4 Å². The lowest BCUT2D eigenvalue weighted by Crippen LogP contribution is -2.16. The van der Waals surface area contributed by atoms with Crippen LogP contribution in [0.2, 0.25) is 5.02 Å². The van der Waals surface area contributed by atoms with Gasteiger partial charge in [0.1, 0.15) is 0 Å². The Morgan fingerprint density at radius 1 is 1.25 bits per heavy atom. The number of hydrogen-bond acceptors (Lipinski definition) is 1. The molecule has 0 bridgehead atoms. The SMILES string of the molecule is NCC(CC1CCCC1)c1ccccc1Cl. The molecule has 2 N–H and O–H groups in total. The number of halogens is 1. The Morgan fingerprint density at radius 3 is 2.56 bits per heavy atom. The van der Waals surface area contributed by atoms with Gasteiger partial charge in [-0.1, -0.05) is 55.5 Å². The van der Waals surface area contributed by atoms with Crippen LogP contribution in [0, 0.1) is 5.92 Å². The fourth-order valence-electron chi connectivity index (χ4n) is 2.80. The van der Waals surface area contributed by atoms with Gasteiger partial charge in [0.15, 0.2) is 0 Å². The zero-order valence-electron chi connectivity index (χ0n) is 9.66. The maximum absolute atomic E-state index is 6.23. The maximum Gasteiger partial charge on any atom is 0.0441 e. The van der Waals surface area contributed by atoms with E-state index in [1.54, 1.807) is 0 Å². The Bertz CT molecular complexity index is 331. The average Bonchev–Trinajstić information content (AvgIpc) is 2.80. The van der Waals surface area contributed by atoms with Crippen LogP contribution in [-0.4, -0.2) is 6.54 Å². The second-order valence-electron chi connectivity index (χ2n) is 4.84. The zero-order valence-corrected chi connectivity index (χ0v) is 10.4. The molecule has 1 saturated carbocycles. The van der Waals surface area contributed by atoms with E-state index in [0.717, 1.165) is 10.9 Å². The van der Waals surface area contributed by atoms with Gasteiger partial charge in [0.25, 0.3) is 0 Å². The third-order valence-corrected chi connectivity index (χ3v) is 4.07. The molecular weight excluding hydrogens is 218 g/mol. The Kier molecular flexibility index (Phi) is 4.25. The molecule has 1 aliphatic rings. The highest BCUT2D eigenvalue weighted by molar-refractivity contribution is 6.31. The molecule has 0 aromatic heterocycles. The summed E-state index contributed by atoms with van der Waals surface area (Å²) in [6, 6.07) is 8.12. The number of hydrogen-bond donors (Lipinski definition) is 1. The summed E-state index contributed by atoms with van der Waals surface area (Å²) in [4.78, 5) is 0. The number of nitrogens with two attached hydrogens (primary N) is 1. The summed E-state index contributed by atoms with van der Waals surface area (Å²) in [7, 11) is 0. The lowest BCUT2D eigenvalue weighted by Gasteiger charge is -2.20. The molecule has 1 atom stereocenters. The molecule has 0 saturated heterocycles. The Hall–Kier alpha value is -0.530. The average molecular weight is 238 g/mol. The van der Waals surface area contributed by atoms with Crippen LogP contribution in [0.5, 0.6) is 0 Å². The highest BCUT2D eigenvalue weighted by Gasteiger charge is 2.21. The first-order valence-electron chi connectivity index (χ1n) is 6.25. The van der Waals surface area contributed by atoms with E-state index in [9.17, 15) is 0 Å². The van der Waals surface area contributed by atoms with Crippen molar-refractivity contribution in [3.05, 3.63) is 34.9 Å². The molecule has 16 heavy (non-hydrogen) atoms. The predicted octanol–water partition coefficient (Wildman–Crippen LogP) is 3.96. The minimum atomic E-state index is 0.441. The Labute approximate surface area is 103 Å². The molecule has 1 aliphatic carbocycles. The number of benzene rings is 1. The lowest BCUT2D eigenvalue weighted by atomic mass is 9.88. The van der Waals surface area contributed by atoms with Crippen molar-refractivity contribution >= 4 is 11.6 Å². The molecule has 2 rings (SSSR count). The van der Waals surface area contributed by atoms with E-state index in [1.807, 2.05) is 12.1 Å². The summed E-state index contributed by atoms with van der Waals surface area (Å²) in [5.74, 6) is 1.31. The van der Waals surface area contributed by atoms with Crippen LogP contribution in [-0.2, 0) is 0 Å². The fraction of sp³-hybridized carbons (Fsp3) is 0.571. The highest BCUT2D eigenvalue weighted by atomic mass is 35.5. The summed E-state index contributed by atoms with van der Waals surface area (Å²) in [6.45, 7) is 0.709. The van der Waals surface area contributed by atoms with Crippen molar-refractivity contribution in [3.63, 3.8) is 0 Å². The van der Waals surface area contributed by atoms with E-state index in [-0.39, 0.29) is 0 Å². The molecule has 0 radical (unpaired) electrons. The van der Waals surface area contributed by atoms with Gasteiger partial charge in [-0.3, -0.25) is 0 Å². The lowest BCUT2D eigenvalue weighted by molar-refractivity contribution is 0.448. The first kappa shape index (κ1) is 11.9. The minimum Gasteiger partial charge on any atom is -0.330 e. The smallest absolute Gasteiger partial charge is 0.0441 e. The molecule has 0 amide bonds. The van der Waals surface area contributed by atoms with E-state index in [1.165, 1.54) is 37.7 Å². The van der Waals surface area contributed by atoms with Crippen molar-refractivity contribution in [2.24, 2.45) is 11.7 Å². The van der Waals surface area contributed by atoms with Gasteiger partial charge in [-0.2, -0.15) is 0 Å². The Balaban J connectivity index is 2.06. The normalized spacial score (nSPS) is 18.9. The van der Waals surface area contributed by atoms with Gasteiger partial charge in [0, 0.05) is 5.02 Å². The monoisotopic (exact) mass is 237 g/mol. The van der Waals surface area contributed by atoms with Crippen molar-refractivity contribution in [1.29, 1.82) is 0 Å². The zero-order chi connectivity index (χ0) is 11.4. The summed E-state index contributed by atoms with van der Waals surface area (Å²) in [6.07, 6.45) is 6.75. The van der Waals surface area contributed by atoms with Gasteiger partial charge >= 0.3 is 0 Å². The van der Waals surface area contributed by atoms with Crippen molar-refractivity contribution in [2.75, 3.05) is 6.54 Å². The minimum absolute atomic E-state index is 0.441. The quantitative estimate of drug-likeness (QED) is 0.843. The Morgan fingerprint density at radius 2 is 1.94 bits per heavy atom. The third-order valence-electron chi connectivity index (χ3n) is 3.72. The van der Waals surface area contributed by atoms with Gasteiger partial charge in [-0.15, -0.1) is 0 Å². The first-order chi connectivity index (χ1) is 7.81. The topological polar surface area (TPSA) is 26.0 Å². The third kappa shape index (κ3) is 2.78. The summed E-state index contributed by atoms with van der Waals surface area (Å²) >= 11 is 6.23. The van der Waals surface area contributed by atoms with E-state index in [2.05, 4.69) is 12.1 Å². The van der Waals surface area contributed by atoms with Crippen molar-refractivity contribution in [2.45, 2.75) is 38.0 Å². The van der Waals surface area contributed by atoms with Crippen LogP contribution in [0.3, 0.4) is 0 Å². The van der Waals surface area contributed by atoms with Crippen LogP contribution in [0.4, 0.5) is 0 Å². The maximum atomic E-state index is 6.23. The van der Waals surface area contributed by atoms with Crippen molar-refractivity contribution in [1.82, 2.24) is 0 Å². The van der Waals surface area contributed by atoms with Crippen LogP contribution in [0.25, 0.3) is 0 Å². The highest BCUT2D eigenvalue weighted by Crippen LogP contribution is 2.35. The standard InChI is InChI=1S/C14H20ClN/c15-14-8-4-3-7-13(14)12(10-16)9-11-5-1-2-6-11/h3-4,7-8,11-12H,1-2,5-6,9-10,16H2. The molecular formula is C14H20ClN. The summed E-state index contributed by atoms with van der Waals surface area (Å²) in [5.41, 5.74) is 7.13. The second-order valence-corrected chi connectivity index (χ2v) is 5.25. The molecule has 1 fully saturated rings. The van der Waals surface area contributed by atoms with Crippen molar-refractivity contribution in [3.8, 4) is 0 Å². The molecule has 1 aromatic rings. The van der Waals surface area contributed by atoms with E-state index in [4.69, 9.17) is 17.3 Å². The second kappa shape index (κ2) is 5.70. The van der Waals surface area contributed by atoms with Crippen LogP contribution in [0.1, 0.15) is 43.6 Å². The van der Waals surface area contributed by atoms with Crippen LogP contribution in [0.15, 0.2) is 24.3 Å². The van der Waals surface area contributed by atoms with Crippen molar-refractivity contribution < 1.29 is 0 Å². The van der Waals surface area contributed by atoms with E-state index in [0.29, 0.717) is 12.5 Å². The van der Waals surface area contributed by atoms with Gasteiger partial charge in [0.05, 0.1) is 0 Å². The first-order valence-corrected chi connectivity index (χ1v) is 6.63. The summed E-state index contributed by atoms with van der Waals surface area (Å²) < 4.78 is 0. The van der Waals surface area contributed by atoms with Gasteiger partial charge in [-0.25, -0.2) is 0 Å². The van der Waals surface area contributed by atoms with Crippen LogP contribution >= 0.6 is 11.6 Å². The molecule has 1 aromatic carbocycles. The summed E-state index contributed by atoms with van der Waals surface area (Å²) in [5, 5.41) is 0.871. The molecule has 0 aliphatic heterocycles. The number of rotatable bonds is 4. The van der Waals surface area contributed by atoms with E-state index < -0.39 is 0 Å². The van der Waals surface area contributed by atoms with E-state index >= 15 is 0 Å². The van der Waals surface area contributed by atoms with Crippen LogP contribution < -0.4 is 5.73 Å². The van der Waals surface area contributed by atoms with Gasteiger partial charge in [0.2, 0.25) is 0 Å². The molecule has 0 heterocycles. The largest absolute Gasteiger partial charge is 0.330 e. The molecule has 0 spiro atoms.